The Labute approximate surface area is 233 Å². The molecule has 0 aliphatic heterocycles. The van der Waals surface area contributed by atoms with Gasteiger partial charge in [0.2, 0.25) is 0 Å². The van der Waals surface area contributed by atoms with Gasteiger partial charge < -0.3 is 9.80 Å². The summed E-state index contributed by atoms with van der Waals surface area (Å²) in [6.45, 7) is 1.60. The number of hydrazone groups is 2. The summed E-state index contributed by atoms with van der Waals surface area (Å²) in [6, 6.07) is 11.3. The van der Waals surface area contributed by atoms with Crippen molar-refractivity contribution in [1.82, 2.24) is 34.8 Å². The van der Waals surface area contributed by atoms with Crippen LogP contribution in [0.5, 0.6) is 0 Å². The van der Waals surface area contributed by atoms with E-state index in [0.717, 1.165) is 29.2 Å². The van der Waals surface area contributed by atoms with E-state index in [-0.39, 0.29) is 0 Å². The highest BCUT2D eigenvalue weighted by molar-refractivity contribution is 5.35. The summed E-state index contributed by atoms with van der Waals surface area (Å²) in [6.07, 6.45) is 12.3. The van der Waals surface area contributed by atoms with E-state index in [9.17, 15) is 20.2 Å². The molecule has 3 aromatic heterocycles. The van der Waals surface area contributed by atoms with Crippen molar-refractivity contribution in [2.24, 2.45) is 0 Å². The summed E-state index contributed by atoms with van der Waals surface area (Å²) < 4.78 is 0. The number of aromatic nitrogens is 3. The van der Waals surface area contributed by atoms with Gasteiger partial charge in [0.1, 0.15) is 11.5 Å². The Morgan fingerprint density at radius 1 is 0.725 bits per heavy atom. The van der Waals surface area contributed by atoms with E-state index in [0.29, 0.717) is 25.5 Å². The van der Waals surface area contributed by atoms with E-state index >= 15 is 0 Å². The molecule has 14 nitrogen and oxygen atoms in total. The van der Waals surface area contributed by atoms with Crippen LogP contribution in [0.1, 0.15) is 16.7 Å². The van der Waals surface area contributed by atoms with Gasteiger partial charge in [-0.1, -0.05) is 18.2 Å². The molecule has 0 aromatic carbocycles. The van der Waals surface area contributed by atoms with Crippen LogP contribution < -0.4 is 0 Å². The third-order valence-electron chi connectivity index (χ3n) is 5.38. The fraction of sp³-hybridized carbons (Fsp3) is 0.308. The maximum Gasteiger partial charge on any atom is 0.516 e. The second-order valence-electron chi connectivity index (χ2n) is 8.95. The summed E-state index contributed by atoms with van der Waals surface area (Å²) in [4.78, 5) is 37.8. The van der Waals surface area contributed by atoms with Crippen molar-refractivity contribution in [2.75, 3.05) is 35.2 Å². The highest BCUT2D eigenvalue weighted by Gasteiger charge is 2.19. The highest BCUT2D eigenvalue weighted by atomic mass is 16.6. The first kappa shape index (κ1) is 31.1. The number of hydrogen-bond donors (Lipinski definition) is 0. The lowest BCUT2D eigenvalue weighted by Crippen LogP contribution is -2.42. The quantitative estimate of drug-likeness (QED) is 0.108. The standard InChI is InChI=1S/C16H19N5O2.C10H16N5O2/c1-19(11-14-5-3-7-17-9-14)16(13-21(22)23)20(2)12-15-6-4-8-18-10-15;1-12(2)14(9-15(16)17)13(3)8-10-5-4-6-11-7-10/h3-10,13H,11-12H2,1-2H3;4-7,9H,8H2,1-3H3/q;+1/b;14-9-. The average Bonchev–Trinajstić information content (AvgIpc) is 2.92. The Hall–Kier alpha value is -5.14. The molecule has 0 spiro atoms. The fourth-order valence-electron chi connectivity index (χ4n) is 3.69. The van der Waals surface area contributed by atoms with E-state index < -0.39 is 9.85 Å². The number of nitro groups is 2. The second kappa shape index (κ2) is 16.0. The maximum absolute atomic E-state index is 11.0. The predicted octanol–water partition coefficient (Wildman–Crippen LogP) is 2.34. The lowest BCUT2D eigenvalue weighted by Gasteiger charge is -2.29. The fourth-order valence-corrected chi connectivity index (χ4v) is 3.69. The molecule has 14 heteroatoms. The first-order valence-corrected chi connectivity index (χ1v) is 12.2. The van der Waals surface area contributed by atoms with Gasteiger partial charge in [-0.3, -0.25) is 35.2 Å². The molecule has 212 valence electrons. The molecule has 0 radical (unpaired) electrons. The molecule has 0 atom stereocenters. The third-order valence-corrected chi connectivity index (χ3v) is 5.38. The van der Waals surface area contributed by atoms with Gasteiger partial charge in [-0.25, -0.2) is 0 Å². The molecule has 0 N–H and O–H groups in total. The van der Waals surface area contributed by atoms with Crippen molar-refractivity contribution >= 4 is 6.34 Å². The minimum absolute atomic E-state index is 0.436. The lowest BCUT2D eigenvalue weighted by molar-refractivity contribution is -0.816. The number of hydrogen-bond acceptors (Lipinski definition) is 11. The van der Waals surface area contributed by atoms with Gasteiger partial charge in [-0.2, -0.15) is 10.0 Å². The molecule has 0 saturated carbocycles. The van der Waals surface area contributed by atoms with E-state index in [2.05, 4.69) is 15.0 Å². The topological polar surface area (TPSA) is 141 Å². The predicted molar refractivity (Wildman–Crippen MR) is 149 cm³/mol. The van der Waals surface area contributed by atoms with Crippen molar-refractivity contribution in [3.05, 3.63) is 123 Å². The van der Waals surface area contributed by atoms with Crippen molar-refractivity contribution < 1.29 is 14.6 Å². The van der Waals surface area contributed by atoms with Gasteiger partial charge in [0, 0.05) is 64.4 Å². The minimum Gasteiger partial charge on any atom is -0.352 e. The molecule has 40 heavy (non-hydrogen) atoms. The Morgan fingerprint density at radius 2 is 1.15 bits per heavy atom. The van der Waals surface area contributed by atoms with E-state index in [4.69, 9.17) is 0 Å². The van der Waals surface area contributed by atoms with Gasteiger partial charge in [-0.05, 0) is 34.9 Å². The van der Waals surface area contributed by atoms with E-state index in [1.165, 1.54) is 4.79 Å². The SMILES string of the molecule is CN(C)/[N+](=C/[N+](=O)[O-])N(C)Cc1cccnc1.CN(Cc1cccnc1)C(=C[N+](=O)[O-])N(C)Cc1cccnc1. The Bertz CT molecular complexity index is 1210. The normalized spacial score (nSPS) is 10.5. The van der Waals surface area contributed by atoms with Crippen LogP contribution in [0.2, 0.25) is 0 Å². The highest BCUT2D eigenvalue weighted by Crippen LogP contribution is 2.14. The zero-order chi connectivity index (χ0) is 29.5. The molecular weight excluding hydrogens is 516 g/mol. The zero-order valence-electron chi connectivity index (χ0n) is 23.3. The number of nitrogens with zero attached hydrogens (tertiary/aromatic N) is 10. The molecule has 0 fully saturated rings. The van der Waals surface area contributed by atoms with Crippen molar-refractivity contribution in [3.63, 3.8) is 0 Å². The maximum atomic E-state index is 11.0. The Morgan fingerprint density at radius 3 is 1.48 bits per heavy atom. The van der Waals surface area contributed by atoms with Gasteiger partial charge in [0.05, 0.1) is 30.9 Å². The van der Waals surface area contributed by atoms with E-state index in [1.54, 1.807) is 68.3 Å². The van der Waals surface area contributed by atoms with Crippen LogP contribution in [0, 0.1) is 20.2 Å². The van der Waals surface area contributed by atoms with Crippen LogP contribution in [-0.2, 0) is 19.6 Å². The van der Waals surface area contributed by atoms with E-state index in [1.807, 2.05) is 60.3 Å². The zero-order valence-corrected chi connectivity index (χ0v) is 23.3. The average molecular weight is 552 g/mol. The summed E-state index contributed by atoms with van der Waals surface area (Å²) >= 11 is 0. The van der Waals surface area contributed by atoms with Gasteiger partial charge in [-0.15, -0.1) is 0 Å². The van der Waals surface area contributed by atoms with Crippen LogP contribution in [0.3, 0.4) is 0 Å². The van der Waals surface area contributed by atoms with Crippen LogP contribution in [0.25, 0.3) is 0 Å². The lowest BCUT2D eigenvalue weighted by atomic mass is 10.2. The van der Waals surface area contributed by atoms with Gasteiger partial charge >= 0.3 is 6.34 Å². The molecule has 0 unspecified atom stereocenters. The number of rotatable bonds is 12. The second-order valence-corrected chi connectivity index (χ2v) is 8.95. The molecule has 0 amide bonds. The van der Waals surface area contributed by atoms with Crippen LogP contribution in [0.4, 0.5) is 0 Å². The van der Waals surface area contributed by atoms with Crippen LogP contribution >= 0.6 is 0 Å². The molecule has 0 bridgehead atoms. The van der Waals surface area contributed by atoms with Crippen LogP contribution in [-0.4, -0.2) is 91.0 Å². The summed E-state index contributed by atoms with van der Waals surface area (Å²) in [5.74, 6) is 0.516. The minimum atomic E-state index is -0.486. The largest absolute Gasteiger partial charge is 0.516 e. The molecular formula is C26H35N10O4+. The first-order valence-electron chi connectivity index (χ1n) is 12.2. The summed E-state index contributed by atoms with van der Waals surface area (Å²) in [7, 11) is 8.89. The number of hydrazine groups is 2. The molecule has 0 aliphatic carbocycles. The van der Waals surface area contributed by atoms with Crippen molar-refractivity contribution in [2.45, 2.75) is 19.6 Å². The molecule has 0 saturated heterocycles. The van der Waals surface area contributed by atoms with Gasteiger partial charge in [0.15, 0.2) is 5.82 Å². The molecule has 3 rings (SSSR count). The first-order chi connectivity index (χ1) is 19.1. The number of pyridine rings is 3. The monoisotopic (exact) mass is 551 g/mol. The Kier molecular flexibility index (Phi) is 12.4. The van der Waals surface area contributed by atoms with Gasteiger partial charge in [0.25, 0.3) is 6.20 Å². The Balaban J connectivity index is 0.000000294. The summed E-state index contributed by atoms with van der Waals surface area (Å²) in [5.41, 5.74) is 2.96. The van der Waals surface area contributed by atoms with Crippen LogP contribution in [0.15, 0.2) is 85.6 Å². The molecule has 3 heterocycles. The molecule has 0 aliphatic rings. The van der Waals surface area contributed by atoms with Crippen molar-refractivity contribution in [1.29, 1.82) is 0 Å². The smallest absolute Gasteiger partial charge is 0.352 e. The summed E-state index contributed by atoms with van der Waals surface area (Å²) in [5, 5.41) is 24.8. The van der Waals surface area contributed by atoms with Crippen molar-refractivity contribution in [3.8, 4) is 0 Å². The molecule has 3 aromatic rings. The third kappa shape index (κ3) is 11.1.